The molecule has 3 rings (SSSR count). The van der Waals surface area contributed by atoms with Crippen LogP contribution in [-0.4, -0.2) is 18.4 Å². The van der Waals surface area contributed by atoms with Gasteiger partial charge in [-0.05, 0) is 61.5 Å². The molecular weight excluding hydrogens is 411 g/mol. The highest BCUT2D eigenvalue weighted by Crippen LogP contribution is 2.24. The van der Waals surface area contributed by atoms with Gasteiger partial charge < -0.3 is 15.4 Å². The molecule has 3 aromatic carbocycles. The van der Waals surface area contributed by atoms with E-state index in [4.69, 9.17) is 27.9 Å². The Kier molecular flexibility index (Phi) is 6.75. The Hall–Kier alpha value is -3.02. The molecule has 0 bridgehead atoms. The predicted molar refractivity (Wildman–Crippen MR) is 116 cm³/mol. The molecule has 0 aliphatic carbocycles. The van der Waals surface area contributed by atoms with E-state index in [1.807, 2.05) is 6.92 Å². The highest BCUT2D eigenvalue weighted by atomic mass is 35.5. The first-order valence-corrected chi connectivity index (χ1v) is 9.62. The minimum atomic E-state index is -0.409. The molecule has 5 nitrogen and oxygen atoms in total. The van der Waals surface area contributed by atoms with Gasteiger partial charge in [0.25, 0.3) is 11.8 Å². The number of amides is 2. The van der Waals surface area contributed by atoms with E-state index < -0.39 is 5.91 Å². The molecule has 0 aliphatic rings. The molecular formula is C22H18Cl2N2O3. The summed E-state index contributed by atoms with van der Waals surface area (Å²) in [5, 5.41) is 6.54. The van der Waals surface area contributed by atoms with Crippen molar-refractivity contribution in [2.24, 2.45) is 0 Å². The number of ether oxygens (including phenoxy) is 1. The molecule has 0 unspecified atom stereocenters. The topological polar surface area (TPSA) is 67.4 Å². The lowest BCUT2D eigenvalue weighted by molar-refractivity contribution is 0.102. The van der Waals surface area contributed by atoms with Crippen LogP contribution in [-0.2, 0) is 0 Å². The Morgan fingerprint density at radius 3 is 1.97 bits per heavy atom. The molecule has 0 aliphatic heterocycles. The molecule has 0 atom stereocenters. The van der Waals surface area contributed by atoms with Gasteiger partial charge in [0.05, 0.1) is 12.2 Å². The molecule has 0 heterocycles. The van der Waals surface area contributed by atoms with Gasteiger partial charge in [-0.25, -0.2) is 0 Å². The number of rotatable bonds is 6. The smallest absolute Gasteiger partial charge is 0.259 e. The number of anilines is 2. The van der Waals surface area contributed by atoms with Crippen LogP contribution in [0.3, 0.4) is 0 Å². The van der Waals surface area contributed by atoms with Crippen LogP contribution in [0.15, 0.2) is 66.7 Å². The van der Waals surface area contributed by atoms with Gasteiger partial charge in [0.1, 0.15) is 5.75 Å². The predicted octanol–water partition coefficient (Wildman–Crippen LogP) is 5.90. The summed E-state index contributed by atoms with van der Waals surface area (Å²) in [6.07, 6.45) is 0. The van der Waals surface area contributed by atoms with Crippen LogP contribution in [0.25, 0.3) is 0 Å². The minimum absolute atomic E-state index is 0.241. The second-order valence-corrected chi connectivity index (χ2v) is 6.95. The van der Waals surface area contributed by atoms with Crippen molar-refractivity contribution in [2.75, 3.05) is 17.2 Å². The second-order valence-electron chi connectivity index (χ2n) is 6.07. The van der Waals surface area contributed by atoms with Crippen molar-refractivity contribution in [2.45, 2.75) is 6.92 Å². The Morgan fingerprint density at radius 1 is 0.828 bits per heavy atom. The summed E-state index contributed by atoms with van der Waals surface area (Å²) >= 11 is 11.9. The molecule has 0 radical (unpaired) electrons. The van der Waals surface area contributed by atoms with E-state index >= 15 is 0 Å². The SMILES string of the molecule is CCOc1ccc(C(=O)Nc2cccc(Cl)c2)cc1C(=O)Nc1cccc(Cl)c1. The van der Waals surface area contributed by atoms with E-state index in [0.29, 0.717) is 39.3 Å². The second kappa shape index (κ2) is 9.45. The van der Waals surface area contributed by atoms with Crippen LogP contribution in [0, 0.1) is 0 Å². The van der Waals surface area contributed by atoms with E-state index in [2.05, 4.69) is 10.6 Å². The number of carbonyl (C=O) groups is 2. The third-order valence-electron chi connectivity index (χ3n) is 3.95. The molecule has 0 saturated heterocycles. The van der Waals surface area contributed by atoms with E-state index in [1.165, 1.54) is 6.07 Å². The fraction of sp³-hybridized carbons (Fsp3) is 0.0909. The van der Waals surface area contributed by atoms with Crippen molar-refractivity contribution in [3.63, 3.8) is 0 Å². The van der Waals surface area contributed by atoms with Gasteiger partial charge in [-0.15, -0.1) is 0 Å². The quantitative estimate of drug-likeness (QED) is 0.513. The third kappa shape index (κ3) is 5.50. The van der Waals surface area contributed by atoms with Gasteiger partial charge in [-0.1, -0.05) is 35.3 Å². The average Bonchev–Trinajstić information content (AvgIpc) is 2.68. The molecule has 0 spiro atoms. The number of nitrogens with one attached hydrogen (secondary N) is 2. The zero-order valence-corrected chi connectivity index (χ0v) is 17.1. The van der Waals surface area contributed by atoms with Crippen LogP contribution >= 0.6 is 23.2 Å². The molecule has 2 amide bonds. The van der Waals surface area contributed by atoms with Gasteiger partial charge in [0.2, 0.25) is 0 Å². The molecule has 0 aromatic heterocycles. The van der Waals surface area contributed by atoms with Crippen molar-refractivity contribution < 1.29 is 14.3 Å². The van der Waals surface area contributed by atoms with Gasteiger partial charge in [-0.2, -0.15) is 0 Å². The summed E-state index contributed by atoms with van der Waals surface area (Å²) in [5.74, 6) is -0.397. The summed E-state index contributed by atoms with van der Waals surface area (Å²) < 4.78 is 5.55. The number of hydrogen-bond acceptors (Lipinski definition) is 3. The van der Waals surface area contributed by atoms with Crippen LogP contribution in [0.5, 0.6) is 5.75 Å². The van der Waals surface area contributed by atoms with Crippen LogP contribution in [0.1, 0.15) is 27.6 Å². The van der Waals surface area contributed by atoms with E-state index in [-0.39, 0.29) is 11.5 Å². The molecule has 29 heavy (non-hydrogen) atoms. The first-order valence-electron chi connectivity index (χ1n) is 8.87. The first-order chi connectivity index (χ1) is 14.0. The standard InChI is InChI=1S/C22H18Cl2N2O3/c1-2-29-20-10-9-14(21(27)25-17-7-3-5-15(23)12-17)11-19(20)22(28)26-18-8-4-6-16(24)13-18/h3-13H,2H2,1H3,(H,25,27)(H,26,28). The third-order valence-corrected chi connectivity index (χ3v) is 4.42. The van der Waals surface area contributed by atoms with Crippen molar-refractivity contribution in [3.8, 4) is 5.75 Å². The van der Waals surface area contributed by atoms with E-state index in [9.17, 15) is 9.59 Å². The lowest BCUT2D eigenvalue weighted by atomic mass is 10.1. The normalized spacial score (nSPS) is 10.3. The van der Waals surface area contributed by atoms with Crippen LogP contribution in [0.4, 0.5) is 11.4 Å². The first kappa shape index (κ1) is 20.7. The molecule has 7 heteroatoms. The van der Waals surface area contributed by atoms with Gasteiger partial charge >= 0.3 is 0 Å². The zero-order chi connectivity index (χ0) is 20.8. The fourth-order valence-corrected chi connectivity index (χ4v) is 3.04. The summed E-state index contributed by atoms with van der Waals surface area (Å²) in [6.45, 7) is 2.20. The number of benzene rings is 3. The van der Waals surface area contributed by atoms with E-state index in [1.54, 1.807) is 60.7 Å². The van der Waals surface area contributed by atoms with Crippen LogP contribution in [0.2, 0.25) is 10.0 Å². The average molecular weight is 429 g/mol. The maximum atomic E-state index is 12.8. The molecule has 2 N–H and O–H groups in total. The zero-order valence-electron chi connectivity index (χ0n) is 15.5. The molecule has 148 valence electrons. The lowest BCUT2D eigenvalue weighted by Crippen LogP contribution is -2.17. The Labute approximate surface area is 178 Å². The summed E-state index contributed by atoms with van der Waals surface area (Å²) in [5.41, 5.74) is 1.65. The summed E-state index contributed by atoms with van der Waals surface area (Å²) in [6, 6.07) is 18.3. The highest BCUT2D eigenvalue weighted by molar-refractivity contribution is 6.31. The lowest BCUT2D eigenvalue weighted by Gasteiger charge is -2.13. The van der Waals surface area contributed by atoms with Crippen LogP contribution < -0.4 is 15.4 Å². The summed E-state index contributed by atoms with van der Waals surface area (Å²) in [4.78, 5) is 25.4. The molecule has 0 fully saturated rings. The summed E-state index contributed by atoms with van der Waals surface area (Å²) in [7, 11) is 0. The minimum Gasteiger partial charge on any atom is -0.493 e. The fourth-order valence-electron chi connectivity index (χ4n) is 2.66. The maximum Gasteiger partial charge on any atom is 0.259 e. The molecule has 0 saturated carbocycles. The number of hydrogen-bond donors (Lipinski definition) is 2. The van der Waals surface area contributed by atoms with Crippen molar-refractivity contribution in [1.82, 2.24) is 0 Å². The highest BCUT2D eigenvalue weighted by Gasteiger charge is 2.17. The Balaban J connectivity index is 1.86. The van der Waals surface area contributed by atoms with Gasteiger partial charge in [-0.3, -0.25) is 9.59 Å². The van der Waals surface area contributed by atoms with E-state index in [0.717, 1.165) is 0 Å². The van der Waals surface area contributed by atoms with Crippen molar-refractivity contribution in [1.29, 1.82) is 0 Å². The Bertz CT molecular complexity index is 1050. The van der Waals surface area contributed by atoms with Gasteiger partial charge in [0.15, 0.2) is 0 Å². The number of halogens is 2. The Morgan fingerprint density at radius 2 is 1.41 bits per heavy atom. The maximum absolute atomic E-state index is 12.8. The van der Waals surface area contributed by atoms with Crippen molar-refractivity contribution >= 4 is 46.4 Å². The number of carbonyl (C=O) groups excluding carboxylic acids is 2. The van der Waals surface area contributed by atoms with Gasteiger partial charge in [0, 0.05) is 27.0 Å². The molecule has 3 aromatic rings. The monoisotopic (exact) mass is 428 g/mol. The largest absolute Gasteiger partial charge is 0.493 e. The van der Waals surface area contributed by atoms with Crippen molar-refractivity contribution in [3.05, 3.63) is 87.9 Å².